The van der Waals surface area contributed by atoms with Crippen molar-refractivity contribution in [2.24, 2.45) is 0 Å². The molecule has 3 heterocycles. The van der Waals surface area contributed by atoms with Crippen molar-refractivity contribution in [2.45, 2.75) is 0 Å². The standard InChI is InChI=1S/C57H36N4O/c1-4-14-37(15-5-1)44-34-49(40-16-6-2-7-17-40)54-48-21-10-12-22-50(48)61(51(54)35-44)45-31-28-39(29-32-45)38-24-26-42(27-25-38)56-58-55(41-18-8-3-9-19-41)59-57(60-56)43-30-33-47-46-20-11-13-23-52(46)62-53(47)36-43/h1-36H. The van der Waals surface area contributed by atoms with Crippen molar-refractivity contribution in [1.29, 1.82) is 0 Å². The molecule has 9 aromatic carbocycles. The summed E-state index contributed by atoms with van der Waals surface area (Å²) in [6.45, 7) is 0. The lowest BCUT2D eigenvalue weighted by molar-refractivity contribution is 0.669. The number of nitrogens with zero attached hydrogens (tertiary/aromatic N) is 4. The topological polar surface area (TPSA) is 56.7 Å². The lowest BCUT2D eigenvalue weighted by Crippen LogP contribution is -2.00. The maximum Gasteiger partial charge on any atom is 0.164 e. The molecular formula is C57H36N4O. The van der Waals surface area contributed by atoms with E-state index in [9.17, 15) is 0 Å². The molecule has 0 N–H and O–H groups in total. The second-order valence-corrected chi connectivity index (χ2v) is 15.6. The zero-order valence-corrected chi connectivity index (χ0v) is 33.5. The molecule has 0 radical (unpaired) electrons. The zero-order valence-electron chi connectivity index (χ0n) is 33.5. The number of benzene rings is 9. The molecule has 12 rings (SSSR count). The summed E-state index contributed by atoms with van der Waals surface area (Å²) in [7, 11) is 0. The summed E-state index contributed by atoms with van der Waals surface area (Å²) in [5.41, 5.74) is 14.8. The molecule has 62 heavy (non-hydrogen) atoms. The lowest BCUT2D eigenvalue weighted by Gasteiger charge is -2.13. The quantitative estimate of drug-likeness (QED) is 0.161. The highest BCUT2D eigenvalue weighted by atomic mass is 16.3. The monoisotopic (exact) mass is 792 g/mol. The van der Waals surface area contributed by atoms with Crippen LogP contribution in [0.2, 0.25) is 0 Å². The van der Waals surface area contributed by atoms with Crippen LogP contribution in [0.4, 0.5) is 0 Å². The molecule has 0 saturated carbocycles. The van der Waals surface area contributed by atoms with Gasteiger partial charge in [-0.15, -0.1) is 0 Å². The molecular weight excluding hydrogens is 757 g/mol. The van der Waals surface area contributed by atoms with E-state index in [0.717, 1.165) is 55.4 Å². The van der Waals surface area contributed by atoms with E-state index in [0.29, 0.717) is 17.5 Å². The molecule has 0 saturated heterocycles. The van der Waals surface area contributed by atoms with Crippen molar-refractivity contribution in [1.82, 2.24) is 19.5 Å². The summed E-state index contributed by atoms with van der Waals surface area (Å²) in [6, 6.07) is 76.6. The van der Waals surface area contributed by atoms with Crippen LogP contribution in [0.15, 0.2) is 223 Å². The predicted molar refractivity (Wildman–Crippen MR) is 254 cm³/mol. The number of hydrogen-bond donors (Lipinski definition) is 0. The van der Waals surface area contributed by atoms with Crippen LogP contribution in [0, 0.1) is 0 Å². The first-order valence-corrected chi connectivity index (χ1v) is 20.8. The van der Waals surface area contributed by atoms with Gasteiger partial charge in [0.15, 0.2) is 17.5 Å². The van der Waals surface area contributed by atoms with Crippen LogP contribution in [0.3, 0.4) is 0 Å². The maximum absolute atomic E-state index is 6.24. The third-order valence-corrected chi connectivity index (χ3v) is 11.9. The minimum atomic E-state index is 0.590. The first-order valence-electron chi connectivity index (χ1n) is 20.8. The summed E-state index contributed by atoms with van der Waals surface area (Å²) >= 11 is 0. The molecule has 0 unspecified atom stereocenters. The van der Waals surface area contributed by atoms with Gasteiger partial charge in [0.2, 0.25) is 0 Å². The number of fused-ring (bicyclic) bond motifs is 6. The van der Waals surface area contributed by atoms with E-state index in [1.54, 1.807) is 0 Å². The molecule has 290 valence electrons. The van der Waals surface area contributed by atoms with E-state index in [-0.39, 0.29) is 0 Å². The van der Waals surface area contributed by atoms with Gasteiger partial charge in [0, 0.05) is 43.9 Å². The second kappa shape index (κ2) is 14.7. The number of hydrogen-bond acceptors (Lipinski definition) is 4. The van der Waals surface area contributed by atoms with Crippen molar-refractivity contribution < 1.29 is 4.42 Å². The Kier molecular flexibility index (Phi) is 8.42. The Hall–Kier alpha value is -8.41. The van der Waals surface area contributed by atoms with Crippen LogP contribution in [0.1, 0.15) is 0 Å². The summed E-state index contributed by atoms with van der Waals surface area (Å²) in [4.78, 5) is 15.0. The highest BCUT2D eigenvalue weighted by Gasteiger charge is 2.19. The van der Waals surface area contributed by atoms with Crippen LogP contribution < -0.4 is 0 Å². The average Bonchev–Trinajstić information content (AvgIpc) is 3.90. The van der Waals surface area contributed by atoms with Gasteiger partial charge in [0.1, 0.15) is 11.2 Å². The molecule has 0 fully saturated rings. The van der Waals surface area contributed by atoms with Gasteiger partial charge in [-0.3, -0.25) is 0 Å². The summed E-state index contributed by atoms with van der Waals surface area (Å²) in [5.74, 6) is 1.82. The fourth-order valence-electron chi connectivity index (χ4n) is 8.85. The molecule has 3 aromatic heterocycles. The van der Waals surface area contributed by atoms with Crippen molar-refractivity contribution in [2.75, 3.05) is 0 Å². The number of rotatable bonds is 7. The molecule has 0 aliphatic heterocycles. The molecule has 0 atom stereocenters. The highest BCUT2D eigenvalue weighted by molar-refractivity contribution is 6.17. The zero-order chi connectivity index (χ0) is 41.0. The third-order valence-electron chi connectivity index (χ3n) is 11.9. The lowest BCUT2D eigenvalue weighted by atomic mass is 9.94. The van der Waals surface area contributed by atoms with Gasteiger partial charge in [0.05, 0.1) is 11.0 Å². The predicted octanol–water partition coefficient (Wildman–Crippen LogP) is 14.9. The van der Waals surface area contributed by atoms with Crippen molar-refractivity contribution in [3.8, 4) is 73.2 Å². The Bertz CT molecular complexity index is 3590. The Labute approximate surface area is 357 Å². The Balaban J connectivity index is 0.924. The molecule has 0 bridgehead atoms. The van der Waals surface area contributed by atoms with Crippen LogP contribution >= 0.6 is 0 Å². The number of para-hydroxylation sites is 2. The minimum Gasteiger partial charge on any atom is -0.456 e. The van der Waals surface area contributed by atoms with Gasteiger partial charge < -0.3 is 8.98 Å². The van der Waals surface area contributed by atoms with Crippen molar-refractivity contribution in [3.63, 3.8) is 0 Å². The van der Waals surface area contributed by atoms with Crippen LogP contribution in [0.5, 0.6) is 0 Å². The van der Waals surface area contributed by atoms with Crippen LogP contribution in [-0.2, 0) is 0 Å². The van der Waals surface area contributed by atoms with Gasteiger partial charge in [-0.25, -0.2) is 15.0 Å². The molecule has 12 aromatic rings. The molecule has 0 aliphatic rings. The molecule has 5 heteroatoms. The van der Waals surface area contributed by atoms with Crippen molar-refractivity contribution in [3.05, 3.63) is 218 Å². The van der Waals surface area contributed by atoms with Gasteiger partial charge >= 0.3 is 0 Å². The largest absolute Gasteiger partial charge is 0.456 e. The second-order valence-electron chi connectivity index (χ2n) is 15.6. The smallest absolute Gasteiger partial charge is 0.164 e. The van der Waals surface area contributed by atoms with Gasteiger partial charge in [-0.2, -0.15) is 0 Å². The third kappa shape index (κ3) is 6.14. The molecule has 0 aliphatic carbocycles. The van der Waals surface area contributed by atoms with Gasteiger partial charge in [-0.05, 0) is 81.9 Å². The SMILES string of the molecule is c1ccc(-c2cc(-c3ccccc3)c3c4ccccc4n(-c4ccc(-c5ccc(-c6nc(-c7ccccc7)nc(-c7ccc8c(c7)oc7ccccc78)n6)cc5)cc4)c3c2)cc1. The maximum atomic E-state index is 6.24. The Morgan fingerprint density at radius 2 is 0.790 bits per heavy atom. The van der Waals surface area contributed by atoms with Crippen LogP contribution in [0.25, 0.3) is 117 Å². The number of aromatic nitrogens is 4. The van der Waals surface area contributed by atoms with Crippen LogP contribution in [-0.4, -0.2) is 19.5 Å². The fraction of sp³-hybridized carbons (Fsp3) is 0. The Morgan fingerprint density at radius 1 is 0.306 bits per heavy atom. The first-order chi connectivity index (χ1) is 30.7. The van der Waals surface area contributed by atoms with Crippen molar-refractivity contribution >= 4 is 43.7 Å². The molecule has 0 amide bonds. The van der Waals surface area contributed by atoms with E-state index in [4.69, 9.17) is 19.4 Å². The minimum absolute atomic E-state index is 0.590. The van der Waals surface area contributed by atoms with E-state index in [2.05, 4.69) is 168 Å². The molecule has 0 spiro atoms. The summed E-state index contributed by atoms with van der Waals surface area (Å²) < 4.78 is 8.64. The van der Waals surface area contributed by atoms with E-state index >= 15 is 0 Å². The highest BCUT2D eigenvalue weighted by Crippen LogP contribution is 2.42. The first kappa shape index (κ1) is 35.5. The van der Waals surface area contributed by atoms with Gasteiger partial charge in [0.25, 0.3) is 0 Å². The van der Waals surface area contributed by atoms with Gasteiger partial charge in [-0.1, -0.05) is 170 Å². The number of furan rings is 1. The van der Waals surface area contributed by atoms with E-state index < -0.39 is 0 Å². The summed E-state index contributed by atoms with van der Waals surface area (Å²) in [5, 5.41) is 4.63. The normalized spacial score (nSPS) is 11.5. The molecule has 5 nitrogen and oxygen atoms in total. The average molecular weight is 793 g/mol. The fourth-order valence-corrected chi connectivity index (χ4v) is 8.85. The van der Waals surface area contributed by atoms with E-state index in [1.165, 1.54) is 44.1 Å². The summed E-state index contributed by atoms with van der Waals surface area (Å²) in [6.07, 6.45) is 0. The Morgan fingerprint density at radius 3 is 1.48 bits per heavy atom. The van der Waals surface area contributed by atoms with E-state index in [1.807, 2.05) is 54.6 Å².